The van der Waals surface area contributed by atoms with Gasteiger partial charge >= 0.3 is 0 Å². The third kappa shape index (κ3) is 5.49. The van der Waals surface area contributed by atoms with Crippen LogP contribution < -0.4 is 14.8 Å². The normalized spacial score (nSPS) is 15.6. The van der Waals surface area contributed by atoms with E-state index in [1.54, 1.807) is 13.2 Å². The van der Waals surface area contributed by atoms with E-state index in [4.69, 9.17) is 9.47 Å². The predicted molar refractivity (Wildman–Crippen MR) is 111 cm³/mol. The highest BCUT2D eigenvalue weighted by Gasteiger charge is 2.23. The molecular weight excluding hydrogens is 352 g/mol. The van der Waals surface area contributed by atoms with Gasteiger partial charge in [-0.1, -0.05) is 48.4 Å². The van der Waals surface area contributed by atoms with Crippen LogP contribution >= 0.6 is 0 Å². The van der Waals surface area contributed by atoms with Crippen LogP contribution in [0.15, 0.2) is 48.5 Å². The molecular formula is C23H30N2O3. The maximum absolute atomic E-state index is 12.4. The van der Waals surface area contributed by atoms with Crippen LogP contribution in [0.5, 0.6) is 11.5 Å². The number of piperidine rings is 1. The number of nitrogens with one attached hydrogen (secondary N) is 1. The summed E-state index contributed by atoms with van der Waals surface area (Å²) in [5.41, 5.74) is 2.49. The number of carbonyl (C=O) groups is 1. The van der Waals surface area contributed by atoms with E-state index in [0.717, 1.165) is 13.1 Å². The number of methoxy groups -OCH3 is 1. The van der Waals surface area contributed by atoms with Gasteiger partial charge in [0.15, 0.2) is 18.1 Å². The minimum Gasteiger partial charge on any atom is -0.493 e. The molecule has 0 aliphatic carbocycles. The van der Waals surface area contributed by atoms with Crippen LogP contribution in [0, 0.1) is 6.92 Å². The predicted octanol–water partition coefficient (Wildman–Crippen LogP) is 3.73. The van der Waals surface area contributed by atoms with Gasteiger partial charge in [-0.2, -0.15) is 0 Å². The van der Waals surface area contributed by atoms with Gasteiger partial charge in [-0.15, -0.1) is 0 Å². The van der Waals surface area contributed by atoms with Crippen molar-refractivity contribution in [3.63, 3.8) is 0 Å². The SMILES string of the molecule is COc1ccccc1OCC(=O)NCC(c1ccc(C)cc1)N1CCCCC1. The van der Waals surface area contributed by atoms with Crippen molar-refractivity contribution >= 4 is 5.91 Å². The molecule has 28 heavy (non-hydrogen) atoms. The summed E-state index contributed by atoms with van der Waals surface area (Å²) in [7, 11) is 1.59. The van der Waals surface area contributed by atoms with Crippen molar-refractivity contribution in [3.8, 4) is 11.5 Å². The molecule has 1 unspecified atom stereocenters. The third-order valence-corrected chi connectivity index (χ3v) is 5.21. The summed E-state index contributed by atoms with van der Waals surface area (Å²) in [5.74, 6) is 1.08. The Morgan fingerprint density at radius 2 is 1.71 bits per heavy atom. The second-order valence-corrected chi connectivity index (χ2v) is 7.27. The molecule has 0 aromatic heterocycles. The average Bonchev–Trinajstić information content (AvgIpc) is 2.74. The molecule has 150 valence electrons. The zero-order chi connectivity index (χ0) is 19.8. The highest BCUT2D eigenvalue weighted by molar-refractivity contribution is 5.77. The van der Waals surface area contributed by atoms with Crippen molar-refractivity contribution in [1.29, 1.82) is 0 Å². The number of hydrogen-bond donors (Lipinski definition) is 1. The number of carbonyl (C=O) groups excluding carboxylic acids is 1. The first-order valence-electron chi connectivity index (χ1n) is 10.0. The highest BCUT2D eigenvalue weighted by atomic mass is 16.5. The summed E-state index contributed by atoms with van der Waals surface area (Å²) in [5, 5.41) is 3.05. The molecule has 3 rings (SSSR count). The van der Waals surface area contributed by atoms with Crippen LogP contribution in [-0.4, -0.2) is 44.2 Å². The van der Waals surface area contributed by atoms with E-state index < -0.39 is 0 Å². The Morgan fingerprint density at radius 1 is 1.04 bits per heavy atom. The third-order valence-electron chi connectivity index (χ3n) is 5.21. The number of rotatable bonds is 8. The van der Waals surface area contributed by atoms with Crippen LogP contribution in [0.3, 0.4) is 0 Å². The summed E-state index contributed by atoms with van der Waals surface area (Å²) in [6, 6.07) is 16.2. The van der Waals surface area contributed by atoms with E-state index in [2.05, 4.69) is 41.4 Å². The van der Waals surface area contributed by atoms with Crippen LogP contribution in [0.25, 0.3) is 0 Å². The molecule has 1 heterocycles. The van der Waals surface area contributed by atoms with Crippen molar-refractivity contribution < 1.29 is 14.3 Å². The lowest BCUT2D eigenvalue weighted by Crippen LogP contribution is -2.41. The number of nitrogens with zero attached hydrogens (tertiary/aromatic N) is 1. The van der Waals surface area contributed by atoms with Crippen LogP contribution in [0.2, 0.25) is 0 Å². The van der Waals surface area contributed by atoms with Gasteiger partial charge in [0, 0.05) is 6.54 Å². The molecule has 0 spiro atoms. The fraction of sp³-hybridized carbons (Fsp3) is 0.435. The molecule has 1 aliphatic heterocycles. The van der Waals surface area contributed by atoms with Crippen molar-refractivity contribution in [2.75, 3.05) is 33.4 Å². The van der Waals surface area contributed by atoms with E-state index in [0.29, 0.717) is 18.0 Å². The number of para-hydroxylation sites is 2. The van der Waals surface area contributed by atoms with Crippen molar-refractivity contribution in [3.05, 3.63) is 59.7 Å². The lowest BCUT2D eigenvalue weighted by molar-refractivity contribution is -0.123. The Hall–Kier alpha value is -2.53. The maximum atomic E-state index is 12.4. The van der Waals surface area contributed by atoms with Crippen molar-refractivity contribution in [2.24, 2.45) is 0 Å². The summed E-state index contributed by atoms with van der Waals surface area (Å²) in [6.07, 6.45) is 3.72. The average molecular weight is 383 g/mol. The van der Waals surface area contributed by atoms with Gasteiger partial charge in [-0.25, -0.2) is 0 Å². The molecule has 1 aliphatic rings. The number of amides is 1. The largest absolute Gasteiger partial charge is 0.493 e. The number of benzene rings is 2. The van der Waals surface area contributed by atoms with E-state index in [9.17, 15) is 4.79 Å². The van der Waals surface area contributed by atoms with Crippen LogP contribution in [-0.2, 0) is 4.79 Å². The van der Waals surface area contributed by atoms with Gasteiger partial charge in [0.1, 0.15) is 0 Å². The Bertz CT molecular complexity index is 755. The first-order valence-corrected chi connectivity index (χ1v) is 10.0. The Kier molecular flexibility index (Phi) is 7.31. The van der Waals surface area contributed by atoms with E-state index in [1.165, 1.54) is 30.4 Å². The topological polar surface area (TPSA) is 50.8 Å². The number of aryl methyl sites for hydroxylation is 1. The summed E-state index contributed by atoms with van der Waals surface area (Å²) >= 11 is 0. The molecule has 2 aromatic rings. The standard InChI is InChI=1S/C23H30N2O3/c1-18-10-12-19(13-11-18)20(25-14-6-3-7-15-25)16-24-23(26)17-28-22-9-5-4-8-21(22)27-2/h4-5,8-13,20H,3,6-7,14-17H2,1-2H3,(H,24,26). The molecule has 1 atom stereocenters. The van der Waals surface area contributed by atoms with Gasteiger partial charge < -0.3 is 14.8 Å². The summed E-state index contributed by atoms with van der Waals surface area (Å²) < 4.78 is 10.9. The monoisotopic (exact) mass is 382 g/mol. The second kappa shape index (κ2) is 10.1. The number of likely N-dealkylation sites (tertiary alicyclic amines) is 1. The molecule has 1 fully saturated rings. The maximum Gasteiger partial charge on any atom is 0.258 e. The lowest BCUT2D eigenvalue weighted by atomic mass is 10.0. The van der Waals surface area contributed by atoms with Gasteiger partial charge in [0.05, 0.1) is 13.2 Å². The Labute approximate surface area is 167 Å². The zero-order valence-corrected chi connectivity index (χ0v) is 16.8. The smallest absolute Gasteiger partial charge is 0.258 e. The minimum absolute atomic E-state index is 0.0268. The van der Waals surface area contributed by atoms with Gasteiger partial charge in [0.2, 0.25) is 0 Å². The molecule has 5 nitrogen and oxygen atoms in total. The fourth-order valence-electron chi connectivity index (χ4n) is 3.62. The van der Waals surface area contributed by atoms with Crippen molar-refractivity contribution in [1.82, 2.24) is 10.2 Å². The van der Waals surface area contributed by atoms with Crippen molar-refractivity contribution in [2.45, 2.75) is 32.2 Å². The molecule has 1 amide bonds. The molecule has 1 saturated heterocycles. The molecule has 1 N–H and O–H groups in total. The number of hydrogen-bond acceptors (Lipinski definition) is 4. The first-order chi connectivity index (χ1) is 13.7. The van der Waals surface area contributed by atoms with Crippen LogP contribution in [0.4, 0.5) is 0 Å². The molecule has 0 bridgehead atoms. The lowest BCUT2D eigenvalue weighted by Gasteiger charge is -2.35. The number of ether oxygens (including phenoxy) is 2. The zero-order valence-electron chi connectivity index (χ0n) is 16.8. The minimum atomic E-state index is -0.125. The van der Waals surface area contributed by atoms with Gasteiger partial charge in [-0.3, -0.25) is 9.69 Å². The van der Waals surface area contributed by atoms with E-state index in [1.807, 2.05) is 18.2 Å². The second-order valence-electron chi connectivity index (χ2n) is 7.27. The van der Waals surface area contributed by atoms with E-state index in [-0.39, 0.29) is 18.6 Å². The highest BCUT2D eigenvalue weighted by Crippen LogP contribution is 2.26. The van der Waals surface area contributed by atoms with Crippen LogP contribution in [0.1, 0.15) is 36.4 Å². The Morgan fingerprint density at radius 3 is 2.39 bits per heavy atom. The molecule has 5 heteroatoms. The van der Waals surface area contributed by atoms with Gasteiger partial charge in [-0.05, 0) is 50.6 Å². The van der Waals surface area contributed by atoms with Gasteiger partial charge in [0.25, 0.3) is 5.91 Å². The molecule has 0 saturated carbocycles. The first kappa shape index (κ1) is 20.2. The Balaban J connectivity index is 1.59. The molecule has 2 aromatic carbocycles. The fourth-order valence-corrected chi connectivity index (χ4v) is 3.62. The quantitative estimate of drug-likeness (QED) is 0.756. The van der Waals surface area contributed by atoms with E-state index >= 15 is 0 Å². The summed E-state index contributed by atoms with van der Waals surface area (Å²) in [4.78, 5) is 14.9. The molecule has 0 radical (unpaired) electrons. The summed E-state index contributed by atoms with van der Waals surface area (Å²) in [6.45, 7) is 4.80.